The number of amides is 1. The highest BCUT2D eigenvalue weighted by atomic mass is 32.2. The predicted octanol–water partition coefficient (Wildman–Crippen LogP) is 3.83. The van der Waals surface area contributed by atoms with Crippen molar-refractivity contribution in [2.75, 3.05) is 11.1 Å². The number of nitrogens with one attached hydrogen (secondary N) is 3. The Kier molecular flexibility index (Phi) is 5.34. The topological polar surface area (TPSA) is 79.0 Å². The summed E-state index contributed by atoms with van der Waals surface area (Å²) in [5.74, 6) is 2.66. The van der Waals surface area contributed by atoms with Crippen LogP contribution in [0, 0.1) is 0 Å². The zero-order valence-corrected chi connectivity index (χ0v) is 15.6. The Hall–Kier alpha value is -1.99. The van der Waals surface area contributed by atoms with Gasteiger partial charge in [-0.3, -0.25) is 10.4 Å². The van der Waals surface area contributed by atoms with E-state index in [-0.39, 0.29) is 0 Å². The molecule has 0 bridgehead atoms. The van der Waals surface area contributed by atoms with Gasteiger partial charge in [-0.1, -0.05) is 24.3 Å². The predicted molar refractivity (Wildman–Crippen MR) is 101 cm³/mol. The molecule has 25 heavy (non-hydrogen) atoms. The molecule has 0 fully saturated rings. The molecule has 1 aromatic carbocycles. The Morgan fingerprint density at radius 2 is 2.20 bits per heavy atom. The molecule has 1 aliphatic rings. The van der Waals surface area contributed by atoms with Gasteiger partial charge in [-0.05, 0) is 31.9 Å². The first kappa shape index (κ1) is 17.8. The molecule has 134 valence electrons. The first-order valence-electron chi connectivity index (χ1n) is 8.33. The molecule has 2 heterocycles. The lowest BCUT2D eigenvalue weighted by Crippen LogP contribution is -2.28. The average molecular weight is 360 g/mol. The fourth-order valence-corrected chi connectivity index (χ4v) is 3.88. The van der Waals surface area contributed by atoms with Gasteiger partial charge < -0.3 is 10.1 Å². The lowest BCUT2D eigenvalue weighted by molar-refractivity contribution is 0.0635. The number of hydrogen-bond acceptors (Lipinski definition) is 5. The van der Waals surface area contributed by atoms with Crippen molar-refractivity contribution in [3.8, 4) is 0 Å². The number of aromatic nitrogens is 2. The van der Waals surface area contributed by atoms with Crippen LogP contribution >= 0.6 is 11.8 Å². The molecular formula is C18H24N4O2S. The third-order valence-electron chi connectivity index (χ3n) is 3.86. The Morgan fingerprint density at radius 3 is 3.00 bits per heavy atom. The van der Waals surface area contributed by atoms with E-state index in [0.717, 1.165) is 17.1 Å². The van der Waals surface area contributed by atoms with Crippen molar-refractivity contribution < 1.29 is 9.53 Å². The molecule has 1 atom stereocenters. The van der Waals surface area contributed by atoms with Gasteiger partial charge in [0.05, 0.1) is 6.20 Å². The van der Waals surface area contributed by atoms with E-state index in [9.17, 15) is 4.79 Å². The molecule has 6 nitrogen and oxygen atoms in total. The number of anilines is 1. The number of ether oxygens (including phenoxy) is 1. The van der Waals surface area contributed by atoms with E-state index in [2.05, 4.69) is 45.1 Å². The smallest absolute Gasteiger partial charge is 0.413 e. The maximum atomic E-state index is 11.9. The molecule has 1 amide bonds. The first-order chi connectivity index (χ1) is 11.9. The monoisotopic (exact) mass is 360 g/mol. The molecule has 0 saturated carbocycles. The summed E-state index contributed by atoms with van der Waals surface area (Å²) in [6, 6.07) is 8.82. The molecule has 1 aromatic heterocycles. The van der Waals surface area contributed by atoms with Gasteiger partial charge in [0, 0.05) is 29.7 Å². The van der Waals surface area contributed by atoms with Crippen LogP contribution in [0.3, 0.4) is 0 Å². The molecule has 0 saturated heterocycles. The molecule has 1 unspecified atom stereocenters. The normalized spacial score (nSPS) is 17.0. The Morgan fingerprint density at radius 1 is 1.40 bits per heavy atom. The number of aromatic amines is 1. The van der Waals surface area contributed by atoms with Gasteiger partial charge >= 0.3 is 6.09 Å². The van der Waals surface area contributed by atoms with Gasteiger partial charge in [0.15, 0.2) is 0 Å². The summed E-state index contributed by atoms with van der Waals surface area (Å²) in [5, 5.41) is 13.2. The van der Waals surface area contributed by atoms with Gasteiger partial charge in [-0.2, -0.15) is 16.9 Å². The lowest BCUT2D eigenvalue weighted by atomic mass is 10.0. The Balaban J connectivity index is 1.62. The average Bonchev–Trinajstić information content (AvgIpc) is 2.98. The summed E-state index contributed by atoms with van der Waals surface area (Å²) in [4.78, 5) is 11.9. The number of rotatable bonds is 4. The maximum Gasteiger partial charge on any atom is 0.413 e. The van der Waals surface area contributed by atoms with Gasteiger partial charge in [0.1, 0.15) is 11.4 Å². The standard InChI is InChI=1S/C18H24N4O2S/c1-18(2,3)24-17(23)21-16-13(9-20-22-16)8-19-15-11-25-10-12-6-4-5-7-14(12)15/h4-7,9,15,19H,8,10-11H2,1-3H3,(H2,20,21,22,23). The van der Waals surface area contributed by atoms with Crippen LogP contribution in [0.25, 0.3) is 0 Å². The van der Waals surface area contributed by atoms with E-state index >= 15 is 0 Å². The van der Waals surface area contributed by atoms with Crippen molar-refractivity contribution in [3.63, 3.8) is 0 Å². The second kappa shape index (κ2) is 7.49. The summed E-state index contributed by atoms with van der Waals surface area (Å²) in [6.07, 6.45) is 1.23. The second-order valence-electron chi connectivity index (χ2n) is 7.04. The van der Waals surface area contributed by atoms with Crippen LogP contribution in [0.1, 0.15) is 43.5 Å². The first-order valence-corrected chi connectivity index (χ1v) is 9.49. The molecule has 7 heteroatoms. The van der Waals surface area contributed by atoms with Crippen molar-refractivity contribution in [3.05, 3.63) is 47.2 Å². The van der Waals surface area contributed by atoms with Crippen LogP contribution in [0.15, 0.2) is 30.5 Å². The lowest BCUT2D eigenvalue weighted by Gasteiger charge is -2.26. The van der Waals surface area contributed by atoms with E-state index < -0.39 is 11.7 Å². The van der Waals surface area contributed by atoms with Gasteiger partial charge in [0.25, 0.3) is 0 Å². The van der Waals surface area contributed by atoms with E-state index in [0.29, 0.717) is 18.4 Å². The molecule has 0 spiro atoms. The van der Waals surface area contributed by atoms with Crippen molar-refractivity contribution in [1.29, 1.82) is 0 Å². The van der Waals surface area contributed by atoms with Crippen molar-refractivity contribution in [2.45, 2.75) is 44.7 Å². The summed E-state index contributed by atoms with van der Waals surface area (Å²) in [7, 11) is 0. The minimum absolute atomic E-state index is 0.291. The fraction of sp³-hybridized carbons (Fsp3) is 0.444. The van der Waals surface area contributed by atoms with E-state index in [1.165, 1.54) is 11.1 Å². The van der Waals surface area contributed by atoms with Crippen molar-refractivity contribution >= 4 is 23.7 Å². The zero-order chi connectivity index (χ0) is 17.9. The summed E-state index contributed by atoms with van der Waals surface area (Å²) >= 11 is 1.93. The van der Waals surface area contributed by atoms with Crippen LogP contribution in [-0.4, -0.2) is 27.6 Å². The van der Waals surface area contributed by atoms with Gasteiger partial charge in [0.2, 0.25) is 0 Å². The number of H-pyrrole nitrogens is 1. The van der Waals surface area contributed by atoms with Crippen LogP contribution in [-0.2, 0) is 17.0 Å². The molecule has 0 aliphatic carbocycles. The van der Waals surface area contributed by atoms with Crippen molar-refractivity contribution in [2.24, 2.45) is 0 Å². The summed E-state index contributed by atoms with van der Waals surface area (Å²) in [5.41, 5.74) is 3.10. The zero-order valence-electron chi connectivity index (χ0n) is 14.8. The largest absolute Gasteiger partial charge is 0.444 e. The molecule has 3 rings (SSSR count). The van der Waals surface area contributed by atoms with Crippen LogP contribution < -0.4 is 10.6 Å². The summed E-state index contributed by atoms with van der Waals surface area (Å²) in [6.45, 7) is 6.11. The Bertz CT molecular complexity index is 739. The molecule has 2 aromatic rings. The number of thioether (sulfide) groups is 1. The molecule has 0 radical (unpaired) electrons. The number of hydrogen-bond donors (Lipinski definition) is 3. The Labute approximate surface area is 152 Å². The highest BCUT2D eigenvalue weighted by Crippen LogP contribution is 2.31. The highest BCUT2D eigenvalue weighted by Gasteiger charge is 2.21. The fourth-order valence-electron chi connectivity index (χ4n) is 2.74. The SMILES string of the molecule is CC(C)(C)OC(=O)Nc1[nH]ncc1CNC1CSCc2ccccc21. The maximum absolute atomic E-state index is 11.9. The van der Waals surface area contributed by atoms with E-state index in [4.69, 9.17) is 4.74 Å². The van der Waals surface area contributed by atoms with Crippen LogP contribution in [0.5, 0.6) is 0 Å². The van der Waals surface area contributed by atoms with E-state index in [1.54, 1.807) is 6.20 Å². The summed E-state index contributed by atoms with van der Waals surface area (Å²) < 4.78 is 5.29. The van der Waals surface area contributed by atoms with Crippen LogP contribution in [0.2, 0.25) is 0 Å². The quantitative estimate of drug-likeness (QED) is 0.772. The third-order valence-corrected chi connectivity index (χ3v) is 4.94. The number of benzene rings is 1. The van der Waals surface area contributed by atoms with Gasteiger partial charge in [-0.15, -0.1) is 0 Å². The molecule has 3 N–H and O–H groups in total. The number of carbonyl (C=O) groups excluding carboxylic acids is 1. The molecule has 1 aliphatic heterocycles. The van der Waals surface area contributed by atoms with Gasteiger partial charge in [-0.25, -0.2) is 4.79 Å². The molecular weight excluding hydrogens is 336 g/mol. The minimum Gasteiger partial charge on any atom is -0.444 e. The van der Waals surface area contributed by atoms with Crippen molar-refractivity contribution in [1.82, 2.24) is 15.5 Å². The second-order valence-corrected chi connectivity index (χ2v) is 8.07. The number of nitrogens with zero attached hydrogens (tertiary/aromatic N) is 1. The minimum atomic E-state index is -0.536. The highest BCUT2D eigenvalue weighted by molar-refractivity contribution is 7.98. The van der Waals surface area contributed by atoms with E-state index in [1.807, 2.05) is 32.5 Å². The third kappa shape index (κ3) is 4.76. The number of fused-ring (bicyclic) bond motifs is 1. The van der Waals surface area contributed by atoms with Crippen LogP contribution in [0.4, 0.5) is 10.6 Å². The number of carbonyl (C=O) groups is 1.